The second kappa shape index (κ2) is 5.08. The summed E-state index contributed by atoms with van der Waals surface area (Å²) in [6.45, 7) is 0. The zero-order chi connectivity index (χ0) is 13.0. The molecule has 0 aromatic heterocycles. The minimum atomic E-state index is -4.42. The van der Waals surface area contributed by atoms with Crippen LogP contribution in [0.5, 0.6) is 0 Å². The van der Waals surface area contributed by atoms with Gasteiger partial charge in [0.15, 0.2) is 0 Å². The number of hydrogen-bond donors (Lipinski definition) is 0. The van der Waals surface area contributed by atoms with Crippen LogP contribution < -0.4 is 0 Å². The largest absolute Gasteiger partial charge is 0.417 e. The maximum Gasteiger partial charge on any atom is 0.417 e. The Labute approximate surface area is 103 Å². The molecule has 0 aliphatic carbocycles. The first kappa shape index (κ1) is 12.4. The van der Waals surface area contributed by atoms with E-state index < -0.39 is 11.7 Å². The fourth-order valence-corrected chi connectivity index (χ4v) is 1.58. The van der Waals surface area contributed by atoms with Gasteiger partial charge in [0.05, 0.1) is 5.57 Å². The van der Waals surface area contributed by atoms with Crippen molar-refractivity contribution in [1.82, 2.24) is 0 Å². The summed E-state index contributed by atoms with van der Waals surface area (Å²) < 4.78 is 39.0. The van der Waals surface area contributed by atoms with Gasteiger partial charge < -0.3 is 0 Å². The Balaban J connectivity index is 2.48. The maximum absolute atomic E-state index is 13.0. The Bertz CT molecular complexity index is 525. The van der Waals surface area contributed by atoms with Gasteiger partial charge in [-0.25, -0.2) is 0 Å². The third-order valence-corrected chi connectivity index (χ3v) is 2.39. The van der Waals surface area contributed by atoms with Crippen LogP contribution in [0.1, 0.15) is 11.1 Å². The van der Waals surface area contributed by atoms with E-state index in [1.165, 1.54) is 12.1 Å². The normalized spacial score (nSPS) is 12.5. The van der Waals surface area contributed by atoms with Gasteiger partial charge in [-0.05, 0) is 11.1 Å². The van der Waals surface area contributed by atoms with Crippen molar-refractivity contribution in [3.05, 3.63) is 77.9 Å². The number of benzene rings is 2. The minimum absolute atomic E-state index is 0.119. The summed E-state index contributed by atoms with van der Waals surface area (Å²) in [7, 11) is 0. The van der Waals surface area contributed by atoms with E-state index in [0.29, 0.717) is 5.56 Å². The second-order valence-electron chi connectivity index (χ2n) is 3.73. The molecule has 0 aliphatic rings. The lowest BCUT2D eigenvalue weighted by molar-refractivity contribution is -0.0692. The molecule has 2 rings (SSSR count). The van der Waals surface area contributed by atoms with Crippen molar-refractivity contribution in [3.8, 4) is 0 Å². The van der Waals surface area contributed by atoms with E-state index >= 15 is 0 Å². The summed E-state index contributed by atoms with van der Waals surface area (Å²) in [5.74, 6) is 0. The van der Waals surface area contributed by atoms with Gasteiger partial charge in [-0.1, -0.05) is 60.7 Å². The van der Waals surface area contributed by atoms with Crippen molar-refractivity contribution < 1.29 is 13.2 Å². The van der Waals surface area contributed by atoms with Crippen molar-refractivity contribution in [3.63, 3.8) is 0 Å². The van der Waals surface area contributed by atoms with Crippen LogP contribution >= 0.6 is 0 Å². The van der Waals surface area contributed by atoms with Crippen molar-refractivity contribution in [1.29, 1.82) is 0 Å². The van der Waals surface area contributed by atoms with E-state index in [4.69, 9.17) is 0 Å². The van der Waals surface area contributed by atoms with Crippen molar-refractivity contribution in [2.24, 2.45) is 0 Å². The van der Waals surface area contributed by atoms with Crippen molar-refractivity contribution in [2.45, 2.75) is 6.18 Å². The standard InChI is InChI=1S/C15H10F3/c16-15(17,18)14(13-9-5-2-6-10-13)11-12-7-3-1-4-8-12/h1-10H. The summed E-state index contributed by atoms with van der Waals surface area (Å²) in [5.41, 5.74) is -0.225. The van der Waals surface area contributed by atoms with Gasteiger partial charge in [0.25, 0.3) is 0 Å². The number of alkyl halides is 3. The highest BCUT2D eigenvalue weighted by atomic mass is 19.4. The Morgan fingerprint density at radius 3 is 1.78 bits per heavy atom. The topological polar surface area (TPSA) is 0 Å². The number of rotatable bonds is 2. The zero-order valence-corrected chi connectivity index (χ0v) is 9.41. The predicted molar refractivity (Wildman–Crippen MR) is 64.7 cm³/mol. The average Bonchev–Trinajstić information content (AvgIpc) is 2.37. The van der Waals surface area contributed by atoms with Crippen LogP contribution in [0.2, 0.25) is 0 Å². The molecule has 0 nitrogen and oxygen atoms in total. The molecule has 0 saturated heterocycles. The van der Waals surface area contributed by atoms with Crippen LogP contribution in [0.3, 0.4) is 0 Å². The summed E-state index contributed by atoms with van der Waals surface area (Å²) >= 11 is 0. The van der Waals surface area contributed by atoms with E-state index in [-0.39, 0.29) is 5.56 Å². The molecule has 2 aromatic carbocycles. The van der Waals surface area contributed by atoms with Crippen LogP contribution in [-0.4, -0.2) is 6.18 Å². The molecule has 0 spiro atoms. The summed E-state index contributed by atoms with van der Waals surface area (Å²) in [6.07, 6.45) is -1.99. The van der Waals surface area contributed by atoms with Gasteiger partial charge in [0.2, 0.25) is 0 Å². The third-order valence-electron chi connectivity index (χ3n) is 2.39. The fraction of sp³-hybridized carbons (Fsp3) is 0.0667. The molecule has 91 valence electrons. The van der Waals surface area contributed by atoms with Gasteiger partial charge in [0, 0.05) is 6.08 Å². The molecule has 3 heteroatoms. The summed E-state index contributed by atoms with van der Waals surface area (Å²) in [5, 5.41) is 0. The molecule has 18 heavy (non-hydrogen) atoms. The summed E-state index contributed by atoms with van der Waals surface area (Å²) in [6, 6.07) is 16.0. The molecule has 0 bridgehead atoms. The molecular formula is C15H10F3. The highest BCUT2D eigenvalue weighted by Crippen LogP contribution is 2.34. The smallest absolute Gasteiger partial charge is 0.166 e. The number of hydrogen-bond acceptors (Lipinski definition) is 0. The van der Waals surface area contributed by atoms with Crippen molar-refractivity contribution in [2.75, 3.05) is 0 Å². The average molecular weight is 247 g/mol. The van der Waals surface area contributed by atoms with E-state index in [9.17, 15) is 13.2 Å². The molecule has 0 saturated carbocycles. The van der Waals surface area contributed by atoms with Gasteiger partial charge in [0.1, 0.15) is 0 Å². The Morgan fingerprint density at radius 1 is 0.778 bits per heavy atom. The van der Waals surface area contributed by atoms with E-state index in [1.807, 2.05) is 0 Å². The molecular weight excluding hydrogens is 237 g/mol. The van der Waals surface area contributed by atoms with Crippen LogP contribution in [-0.2, 0) is 0 Å². The van der Waals surface area contributed by atoms with E-state index in [1.54, 1.807) is 48.5 Å². The first-order valence-electron chi connectivity index (χ1n) is 5.39. The lowest BCUT2D eigenvalue weighted by Crippen LogP contribution is -2.11. The van der Waals surface area contributed by atoms with Crippen molar-refractivity contribution >= 4 is 5.57 Å². The number of allylic oxidation sites excluding steroid dienone is 1. The van der Waals surface area contributed by atoms with Crippen LogP contribution in [0.4, 0.5) is 13.2 Å². The lowest BCUT2D eigenvalue weighted by atomic mass is 10.0. The highest BCUT2D eigenvalue weighted by Gasteiger charge is 2.34. The zero-order valence-electron chi connectivity index (χ0n) is 9.41. The SMILES string of the molecule is FC(F)(F)C(=[C]c1ccccc1)c1ccccc1. The second-order valence-corrected chi connectivity index (χ2v) is 3.73. The molecule has 0 heterocycles. The third kappa shape index (κ3) is 3.00. The Kier molecular flexibility index (Phi) is 3.51. The Morgan fingerprint density at radius 2 is 1.28 bits per heavy atom. The van der Waals surface area contributed by atoms with Crippen LogP contribution in [0, 0.1) is 6.08 Å². The van der Waals surface area contributed by atoms with Crippen LogP contribution in [0.15, 0.2) is 60.7 Å². The van der Waals surface area contributed by atoms with Gasteiger partial charge in [-0.2, -0.15) is 13.2 Å². The lowest BCUT2D eigenvalue weighted by Gasteiger charge is -2.11. The Hall–Kier alpha value is -2.03. The molecule has 0 unspecified atom stereocenters. The molecule has 0 atom stereocenters. The molecule has 1 radical (unpaired) electrons. The quantitative estimate of drug-likeness (QED) is 0.686. The monoisotopic (exact) mass is 247 g/mol. The first-order chi connectivity index (χ1) is 8.57. The maximum atomic E-state index is 13.0. The molecule has 0 aliphatic heterocycles. The van der Waals surface area contributed by atoms with Gasteiger partial charge >= 0.3 is 6.18 Å². The predicted octanol–water partition coefficient (Wildman–Crippen LogP) is 4.48. The fourth-order valence-electron chi connectivity index (χ4n) is 1.58. The highest BCUT2D eigenvalue weighted by molar-refractivity contribution is 5.69. The molecule has 0 N–H and O–H groups in total. The van der Waals surface area contributed by atoms with E-state index in [2.05, 4.69) is 6.08 Å². The minimum Gasteiger partial charge on any atom is -0.166 e. The van der Waals surface area contributed by atoms with Gasteiger partial charge in [-0.15, -0.1) is 0 Å². The first-order valence-corrected chi connectivity index (χ1v) is 5.39. The molecule has 0 fully saturated rings. The van der Waals surface area contributed by atoms with E-state index in [0.717, 1.165) is 0 Å². The number of halogens is 3. The van der Waals surface area contributed by atoms with Crippen LogP contribution in [0.25, 0.3) is 5.57 Å². The molecule has 0 amide bonds. The summed E-state index contributed by atoms with van der Waals surface area (Å²) in [4.78, 5) is 0. The molecule has 2 aromatic rings. The van der Waals surface area contributed by atoms with Gasteiger partial charge in [-0.3, -0.25) is 0 Å².